The number of ether oxygens (including phenoxy) is 1. The van der Waals surface area contributed by atoms with Crippen molar-refractivity contribution in [1.29, 1.82) is 0 Å². The van der Waals surface area contributed by atoms with Gasteiger partial charge in [-0.3, -0.25) is 0 Å². The summed E-state index contributed by atoms with van der Waals surface area (Å²) < 4.78 is 19.3. The minimum atomic E-state index is -1.18. The molecule has 0 fully saturated rings. The number of nitrogens with zero attached hydrogens (tertiary/aromatic N) is 1. The van der Waals surface area contributed by atoms with Gasteiger partial charge < -0.3 is 15.3 Å². The van der Waals surface area contributed by atoms with Gasteiger partial charge in [-0.2, -0.15) is 0 Å². The highest BCUT2D eigenvalue weighted by Gasteiger charge is 2.33. The lowest BCUT2D eigenvalue weighted by molar-refractivity contribution is 0.0496. The second-order valence-corrected chi connectivity index (χ2v) is 6.71. The Morgan fingerprint density at radius 1 is 1.32 bits per heavy atom. The van der Waals surface area contributed by atoms with Gasteiger partial charge in [-0.05, 0) is 46.8 Å². The van der Waals surface area contributed by atoms with Gasteiger partial charge in [0.1, 0.15) is 11.3 Å². The number of amides is 1. The first-order valence-corrected chi connectivity index (χ1v) is 7.04. The van der Waals surface area contributed by atoms with Gasteiger partial charge in [-0.25, -0.2) is 9.18 Å². The van der Waals surface area contributed by atoms with E-state index in [1.165, 1.54) is 18.2 Å². The monoisotopic (exact) mass is 330 g/mol. The molecule has 0 aliphatic heterocycles. The SMILES string of the molecule is CC(C)(C)OC(=O)NC(C)(C)C(=NO)c1cccc(Cl)c1F. The summed E-state index contributed by atoms with van der Waals surface area (Å²) >= 11 is 5.73. The third kappa shape index (κ3) is 4.59. The molecule has 1 rings (SSSR count). The highest BCUT2D eigenvalue weighted by molar-refractivity contribution is 6.31. The molecule has 2 N–H and O–H groups in total. The van der Waals surface area contributed by atoms with Crippen molar-refractivity contribution in [1.82, 2.24) is 5.32 Å². The molecular formula is C15H20ClFN2O3. The number of nitrogens with one attached hydrogen (secondary N) is 1. The zero-order valence-electron chi connectivity index (χ0n) is 13.2. The van der Waals surface area contributed by atoms with E-state index in [-0.39, 0.29) is 16.3 Å². The van der Waals surface area contributed by atoms with Gasteiger partial charge in [0.2, 0.25) is 0 Å². The van der Waals surface area contributed by atoms with Crippen LogP contribution < -0.4 is 5.32 Å². The van der Waals surface area contributed by atoms with Gasteiger partial charge >= 0.3 is 6.09 Å². The van der Waals surface area contributed by atoms with Gasteiger partial charge in [0.05, 0.1) is 10.6 Å². The normalized spacial score (nSPS) is 13.0. The molecule has 1 aromatic carbocycles. The Kier molecular flexibility index (Phi) is 5.40. The van der Waals surface area contributed by atoms with Crippen LogP contribution in [0, 0.1) is 5.82 Å². The lowest BCUT2D eigenvalue weighted by Gasteiger charge is -2.29. The van der Waals surface area contributed by atoms with Crippen molar-refractivity contribution in [3.05, 3.63) is 34.6 Å². The van der Waals surface area contributed by atoms with Crippen LogP contribution in [-0.2, 0) is 4.74 Å². The fourth-order valence-corrected chi connectivity index (χ4v) is 1.99. The number of benzene rings is 1. The van der Waals surface area contributed by atoms with Crippen molar-refractivity contribution in [3.63, 3.8) is 0 Å². The summed E-state index contributed by atoms with van der Waals surface area (Å²) in [5.41, 5.74) is -1.94. The summed E-state index contributed by atoms with van der Waals surface area (Å²) in [6.45, 7) is 8.28. The average molecular weight is 331 g/mol. The van der Waals surface area contributed by atoms with E-state index in [9.17, 15) is 14.4 Å². The first kappa shape index (κ1) is 18.2. The van der Waals surface area contributed by atoms with E-state index in [1.807, 2.05) is 0 Å². The topological polar surface area (TPSA) is 70.9 Å². The molecule has 22 heavy (non-hydrogen) atoms. The van der Waals surface area contributed by atoms with Gasteiger partial charge in [-0.15, -0.1) is 0 Å². The summed E-state index contributed by atoms with van der Waals surface area (Å²) in [5, 5.41) is 14.8. The van der Waals surface area contributed by atoms with Crippen LogP contribution in [0.25, 0.3) is 0 Å². The van der Waals surface area contributed by atoms with Crippen molar-refractivity contribution >= 4 is 23.4 Å². The van der Waals surface area contributed by atoms with Crippen molar-refractivity contribution in [2.75, 3.05) is 0 Å². The molecule has 0 heterocycles. The minimum Gasteiger partial charge on any atom is -0.444 e. The number of oxime groups is 1. The molecule has 0 saturated heterocycles. The third-order valence-corrected chi connectivity index (χ3v) is 3.00. The minimum absolute atomic E-state index is 0.00365. The fraction of sp³-hybridized carbons (Fsp3) is 0.467. The molecule has 7 heteroatoms. The summed E-state index contributed by atoms with van der Waals surface area (Å²) in [6.07, 6.45) is -0.707. The van der Waals surface area contributed by atoms with Gasteiger partial charge in [0.15, 0.2) is 5.82 Å². The Hall–Kier alpha value is -1.82. The highest BCUT2D eigenvalue weighted by atomic mass is 35.5. The van der Waals surface area contributed by atoms with Gasteiger partial charge in [0.25, 0.3) is 0 Å². The Morgan fingerprint density at radius 3 is 2.41 bits per heavy atom. The largest absolute Gasteiger partial charge is 0.444 e. The number of carbonyl (C=O) groups excluding carboxylic acids is 1. The zero-order valence-corrected chi connectivity index (χ0v) is 14.0. The quantitative estimate of drug-likeness (QED) is 0.500. The smallest absolute Gasteiger partial charge is 0.408 e. The molecule has 1 aromatic rings. The molecular weight excluding hydrogens is 311 g/mol. The van der Waals surface area contributed by atoms with Crippen LogP contribution in [0.2, 0.25) is 5.02 Å². The Morgan fingerprint density at radius 2 is 1.91 bits per heavy atom. The van der Waals surface area contributed by atoms with Crippen LogP contribution in [0.4, 0.5) is 9.18 Å². The van der Waals surface area contributed by atoms with E-state index in [0.717, 1.165) is 0 Å². The highest BCUT2D eigenvalue weighted by Crippen LogP contribution is 2.23. The van der Waals surface area contributed by atoms with Crippen molar-refractivity contribution < 1.29 is 19.1 Å². The van der Waals surface area contributed by atoms with E-state index < -0.39 is 23.1 Å². The molecule has 5 nitrogen and oxygen atoms in total. The second-order valence-electron chi connectivity index (χ2n) is 6.30. The Labute approximate surface area is 134 Å². The molecule has 0 saturated carbocycles. The fourth-order valence-electron chi connectivity index (χ4n) is 1.82. The molecule has 0 radical (unpaired) electrons. The molecule has 0 aliphatic rings. The zero-order chi connectivity index (χ0) is 17.1. The molecule has 0 aliphatic carbocycles. The number of carbonyl (C=O) groups is 1. The van der Waals surface area contributed by atoms with Crippen molar-refractivity contribution in [2.24, 2.45) is 5.16 Å². The predicted octanol–water partition coefficient (Wildman–Crippen LogP) is 3.96. The lowest BCUT2D eigenvalue weighted by atomic mass is 9.92. The van der Waals surface area contributed by atoms with Crippen LogP contribution in [0.5, 0.6) is 0 Å². The first-order chi connectivity index (χ1) is 9.98. The van der Waals surface area contributed by atoms with Crippen LogP contribution in [0.1, 0.15) is 40.2 Å². The first-order valence-electron chi connectivity index (χ1n) is 6.66. The molecule has 0 aromatic heterocycles. The maximum absolute atomic E-state index is 14.1. The van der Waals surface area contributed by atoms with Crippen molar-refractivity contribution in [3.8, 4) is 0 Å². The molecule has 0 atom stereocenters. The predicted molar refractivity (Wildman–Crippen MR) is 83.2 cm³/mol. The third-order valence-electron chi connectivity index (χ3n) is 2.71. The average Bonchev–Trinajstić information content (AvgIpc) is 2.31. The summed E-state index contributed by atoms with van der Waals surface area (Å²) in [4.78, 5) is 11.9. The number of alkyl carbamates (subject to hydrolysis) is 1. The summed E-state index contributed by atoms with van der Waals surface area (Å²) in [5.74, 6) is -0.726. The number of hydrogen-bond donors (Lipinski definition) is 2. The number of rotatable bonds is 3. The van der Waals surface area contributed by atoms with Crippen LogP contribution >= 0.6 is 11.6 Å². The maximum atomic E-state index is 14.1. The van der Waals surface area contributed by atoms with Crippen molar-refractivity contribution in [2.45, 2.75) is 45.8 Å². The van der Waals surface area contributed by atoms with E-state index in [4.69, 9.17) is 16.3 Å². The summed E-state index contributed by atoms with van der Waals surface area (Å²) in [7, 11) is 0. The number of hydrogen-bond acceptors (Lipinski definition) is 4. The number of halogens is 2. The second kappa shape index (κ2) is 6.52. The molecule has 122 valence electrons. The van der Waals surface area contributed by atoms with E-state index >= 15 is 0 Å². The van der Waals surface area contributed by atoms with Crippen LogP contribution in [0.15, 0.2) is 23.4 Å². The van der Waals surface area contributed by atoms with Crippen LogP contribution in [-0.4, -0.2) is 28.2 Å². The lowest BCUT2D eigenvalue weighted by Crippen LogP contribution is -2.51. The standard InChI is InChI=1S/C15H20ClFN2O3/c1-14(2,3)22-13(20)18-15(4,5)12(19-21)9-7-6-8-10(16)11(9)17/h6-8,21H,1-5H3,(H,18,20). The van der Waals surface area contributed by atoms with E-state index in [0.29, 0.717) is 0 Å². The molecule has 0 bridgehead atoms. The van der Waals surface area contributed by atoms with Crippen LogP contribution in [0.3, 0.4) is 0 Å². The van der Waals surface area contributed by atoms with Gasteiger partial charge in [0, 0.05) is 5.56 Å². The summed E-state index contributed by atoms with van der Waals surface area (Å²) in [6, 6.07) is 4.31. The molecule has 1 amide bonds. The van der Waals surface area contributed by atoms with E-state index in [1.54, 1.807) is 34.6 Å². The molecule has 0 unspecified atom stereocenters. The maximum Gasteiger partial charge on any atom is 0.408 e. The molecule has 0 spiro atoms. The Bertz CT molecular complexity index is 595. The Balaban J connectivity index is 3.08. The van der Waals surface area contributed by atoms with Gasteiger partial charge in [-0.1, -0.05) is 22.8 Å². The van der Waals surface area contributed by atoms with E-state index in [2.05, 4.69) is 10.5 Å².